The zero-order valence-electron chi connectivity index (χ0n) is 11.2. The molecule has 0 aromatic rings. The SMILES string of the molecule is CC(O)CC(=CC(F)(F)C(F)(F)C(C)(F)C(F)(F)F)C(=O)O. The number of rotatable bonds is 6. The summed E-state index contributed by atoms with van der Waals surface area (Å²) in [5.41, 5.74) is -7.08. The number of carboxylic acids is 1. The monoisotopic (exact) mass is 344 g/mol. The lowest BCUT2D eigenvalue weighted by Crippen LogP contribution is -2.61. The van der Waals surface area contributed by atoms with Gasteiger partial charge in [-0.2, -0.15) is 30.7 Å². The van der Waals surface area contributed by atoms with Crippen LogP contribution in [0.3, 0.4) is 0 Å². The Morgan fingerprint density at radius 2 is 1.50 bits per heavy atom. The topological polar surface area (TPSA) is 57.5 Å². The molecule has 0 saturated carbocycles. The van der Waals surface area contributed by atoms with Crippen molar-refractivity contribution in [3.05, 3.63) is 11.6 Å². The molecule has 0 aromatic carbocycles. The molecule has 0 amide bonds. The van der Waals surface area contributed by atoms with Crippen LogP contribution in [-0.4, -0.2) is 46.0 Å². The fourth-order valence-electron chi connectivity index (χ4n) is 1.33. The van der Waals surface area contributed by atoms with E-state index in [-0.39, 0.29) is 0 Å². The third-order valence-corrected chi connectivity index (χ3v) is 2.69. The summed E-state index contributed by atoms with van der Waals surface area (Å²) in [6.45, 7) is 0.159. The van der Waals surface area contributed by atoms with Crippen LogP contribution in [0.2, 0.25) is 0 Å². The van der Waals surface area contributed by atoms with Gasteiger partial charge in [0.15, 0.2) is 0 Å². The van der Waals surface area contributed by atoms with E-state index in [9.17, 15) is 39.9 Å². The number of hydrogen-bond donors (Lipinski definition) is 2. The quantitative estimate of drug-likeness (QED) is 0.574. The zero-order valence-corrected chi connectivity index (χ0v) is 11.2. The molecule has 0 spiro atoms. The smallest absolute Gasteiger partial charge is 0.428 e. The molecule has 0 radical (unpaired) electrons. The summed E-state index contributed by atoms with van der Waals surface area (Å²) in [5.74, 6) is -14.2. The van der Waals surface area contributed by atoms with E-state index in [1.165, 1.54) is 0 Å². The maximum atomic E-state index is 13.4. The zero-order chi connectivity index (χ0) is 18.1. The van der Waals surface area contributed by atoms with Crippen molar-refractivity contribution >= 4 is 5.97 Å². The molecule has 0 aliphatic rings. The highest BCUT2D eigenvalue weighted by molar-refractivity contribution is 5.86. The first-order chi connectivity index (χ1) is 9.47. The number of aliphatic hydroxyl groups excluding tert-OH is 1. The van der Waals surface area contributed by atoms with Gasteiger partial charge in [0.05, 0.1) is 6.10 Å². The minimum absolute atomic E-state index is 0.774. The first kappa shape index (κ1) is 20.6. The van der Waals surface area contributed by atoms with E-state index >= 15 is 0 Å². The maximum Gasteiger partial charge on any atom is 0.428 e. The normalized spacial score (nSPS) is 18.8. The van der Waals surface area contributed by atoms with Crippen molar-refractivity contribution in [2.45, 2.75) is 50.1 Å². The van der Waals surface area contributed by atoms with Gasteiger partial charge in [0.1, 0.15) is 0 Å². The molecule has 0 fully saturated rings. The summed E-state index contributed by atoms with van der Waals surface area (Å²) >= 11 is 0. The van der Waals surface area contributed by atoms with Crippen molar-refractivity contribution in [3.8, 4) is 0 Å². The Kier molecular flexibility index (Phi) is 5.63. The van der Waals surface area contributed by atoms with Crippen LogP contribution in [0, 0.1) is 0 Å². The van der Waals surface area contributed by atoms with Gasteiger partial charge in [-0.3, -0.25) is 0 Å². The Labute approximate surface area is 119 Å². The van der Waals surface area contributed by atoms with E-state index in [0.717, 1.165) is 6.92 Å². The minimum Gasteiger partial charge on any atom is -0.478 e. The molecule has 0 aromatic heterocycles. The number of aliphatic hydroxyl groups is 1. The second-order valence-corrected chi connectivity index (χ2v) is 4.73. The van der Waals surface area contributed by atoms with Crippen molar-refractivity contribution < 1.29 is 50.1 Å². The third-order valence-electron chi connectivity index (χ3n) is 2.69. The van der Waals surface area contributed by atoms with E-state index in [1.807, 2.05) is 0 Å². The van der Waals surface area contributed by atoms with Crippen LogP contribution in [0.5, 0.6) is 0 Å². The molecule has 0 heterocycles. The highest BCUT2D eigenvalue weighted by Crippen LogP contribution is 2.52. The molecular formula is C11H12F8O3. The second-order valence-electron chi connectivity index (χ2n) is 4.73. The van der Waals surface area contributed by atoms with Gasteiger partial charge in [0.2, 0.25) is 0 Å². The Hall–Kier alpha value is -1.39. The Balaban J connectivity index is 5.93. The fourth-order valence-corrected chi connectivity index (χ4v) is 1.33. The largest absolute Gasteiger partial charge is 0.478 e. The summed E-state index contributed by atoms with van der Waals surface area (Å²) in [6.07, 6.45) is -9.89. The molecule has 11 heteroatoms. The molecule has 2 atom stereocenters. The number of carboxylic acid groups (broad SMARTS) is 1. The first-order valence-corrected chi connectivity index (χ1v) is 5.61. The predicted octanol–water partition coefficient (Wildman–Crippen LogP) is 3.33. The number of aliphatic carboxylic acids is 1. The Morgan fingerprint density at radius 1 is 1.09 bits per heavy atom. The predicted molar refractivity (Wildman–Crippen MR) is 57.5 cm³/mol. The van der Waals surface area contributed by atoms with Crippen LogP contribution < -0.4 is 0 Å². The van der Waals surface area contributed by atoms with Crippen LogP contribution >= 0.6 is 0 Å². The minimum atomic E-state index is -6.32. The van der Waals surface area contributed by atoms with Crippen LogP contribution in [0.15, 0.2) is 11.6 Å². The summed E-state index contributed by atoms with van der Waals surface area (Å²) in [6, 6.07) is 0. The van der Waals surface area contributed by atoms with Gasteiger partial charge in [-0.25, -0.2) is 9.18 Å². The van der Waals surface area contributed by atoms with Gasteiger partial charge < -0.3 is 10.2 Å². The summed E-state index contributed by atoms with van der Waals surface area (Å²) < 4.78 is 103. The van der Waals surface area contributed by atoms with Crippen molar-refractivity contribution in [2.24, 2.45) is 0 Å². The van der Waals surface area contributed by atoms with Gasteiger partial charge in [0.25, 0.3) is 5.67 Å². The molecule has 0 bridgehead atoms. The summed E-state index contributed by atoms with van der Waals surface area (Å²) in [5, 5.41) is 17.4. The summed E-state index contributed by atoms with van der Waals surface area (Å²) in [4.78, 5) is 10.6. The van der Waals surface area contributed by atoms with Crippen molar-refractivity contribution in [1.82, 2.24) is 0 Å². The van der Waals surface area contributed by atoms with Crippen LogP contribution in [0.25, 0.3) is 0 Å². The van der Waals surface area contributed by atoms with Gasteiger partial charge in [-0.1, -0.05) is 0 Å². The average molecular weight is 344 g/mol. The average Bonchev–Trinajstić information content (AvgIpc) is 2.24. The van der Waals surface area contributed by atoms with E-state index in [1.54, 1.807) is 0 Å². The molecule has 22 heavy (non-hydrogen) atoms. The van der Waals surface area contributed by atoms with Crippen LogP contribution in [0.1, 0.15) is 20.3 Å². The highest BCUT2D eigenvalue weighted by atomic mass is 19.4. The Bertz CT molecular complexity index is 451. The number of carbonyl (C=O) groups is 1. The second kappa shape index (κ2) is 6.01. The molecule has 0 aliphatic heterocycles. The van der Waals surface area contributed by atoms with E-state index < -0.39 is 60.8 Å². The molecule has 0 rings (SSSR count). The lowest BCUT2D eigenvalue weighted by atomic mass is 9.91. The van der Waals surface area contributed by atoms with Crippen molar-refractivity contribution in [3.63, 3.8) is 0 Å². The van der Waals surface area contributed by atoms with E-state index in [4.69, 9.17) is 10.2 Å². The van der Waals surface area contributed by atoms with Gasteiger partial charge in [-0.05, 0) is 13.8 Å². The molecule has 0 saturated heterocycles. The number of hydrogen-bond acceptors (Lipinski definition) is 2. The molecule has 2 unspecified atom stereocenters. The fraction of sp³-hybridized carbons (Fsp3) is 0.727. The summed E-state index contributed by atoms with van der Waals surface area (Å²) in [7, 11) is 0. The van der Waals surface area contributed by atoms with E-state index in [2.05, 4.69) is 0 Å². The standard InChI is InChI=1S/C11H12F8O3/c1-5(20)3-6(7(21)22)4-9(13,14)10(15,16)8(2,12)11(17,18)19/h4-5,20H,3H2,1-2H3,(H,21,22). The Morgan fingerprint density at radius 3 is 1.77 bits per heavy atom. The highest BCUT2D eigenvalue weighted by Gasteiger charge is 2.76. The molecule has 3 nitrogen and oxygen atoms in total. The maximum absolute atomic E-state index is 13.4. The third kappa shape index (κ3) is 3.87. The molecule has 0 aliphatic carbocycles. The molecular weight excluding hydrogens is 332 g/mol. The van der Waals surface area contributed by atoms with Crippen molar-refractivity contribution in [2.75, 3.05) is 0 Å². The lowest BCUT2D eigenvalue weighted by molar-refractivity contribution is -0.337. The number of halogens is 8. The van der Waals surface area contributed by atoms with Gasteiger partial charge in [0, 0.05) is 18.1 Å². The lowest BCUT2D eigenvalue weighted by Gasteiger charge is -2.35. The van der Waals surface area contributed by atoms with Crippen LogP contribution in [-0.2, 0) is 4.79 Å². The molecule has 130 valence electrons. The van der Waals surface area contributed by atoms with Crippen molar-refractivity contribution in [1.29, 1.82) is 0 Å². The first-order valence-electron chi connectivity index (χ1n) is 5.61. The van der Waals surface area contributed by atoms with Gasteiger partial charge in [-0.15, -0.1) is 0 Å². The number of alkyl halides is 8. The molecule has 2 N–H and O–H groups in total. The number of allylic oxidation sites excluding steroid dienone is 1. The van der Waals surface area contributed by atoms with E-state index in [0.29, 0.717) is 0 Å². The van der Waals surface area contributed by atoms with Crippen LogP contribution in [0.4, 0.5) is 35.1 Å². The van der Waals surface area contributed by atoms with Gasteiger partial charge >= 0.3 is 24.0 Å².